The van der Waals surface area contributed by atoms with Crippen LogP contribution in [0.15, 0.2) is 152 Å². The van der Waals surface area contributed by atoms with Gasteiger partial charge in [-0.1, -0.05) is 127 Å². The van der Waals surface area contributed by atoms with Crippen LogP contribution in [0.1, 0.15) is 51.8 Å². The number of carbonyl (C=O) groups excluding carboxylic acids is 2. The van der Waals surface area contributed by atoms with Gasteiger partial charge in [-0.2, -0.15) is 0 Å². The van der Waals surface area contributed by atoms with Crippen molar-refractivity contribution >= 4 is 30.4 Å². The highest BCUT2D eigenvalue weighted by molar-refractivity contribution is 8.08. The van der Waals surface area contributed by atoms with Crippen molar-refractivity contribution < 1.29 is 42.3 Å². The van der Waals surface area contributed by atoms with E-state index in [-0.39, 0.29) is 38.3 Å². The molecule has 0 radical (unpaired) electrons. The number of methoxy groups -OCH3 is 3. The van der Waals surface area contributed by atoms with Crippen LogP contribution in [-0.4, -0.2) is 72.3 Å². The van der Waals surface area contributed by atoms with Gasteiger partial charge in [-0.3, -0.25) is 4.79 Å². The summed E-state index contributed by atoms with van der Waals surface area (Å²) >= 11 is 5.70. The molecule has 7 rings (SSSR count). The lowest BCUT2D eigenvalue weighted by atomic mass is 9.80. The fourth-order valence-corrected chi connectivity index (χ4v) is 10.2. The molecule has 0 bridgehead atoms. The maximum Gasteiger partial charge on any atom is 0.407 e. The zero-order chi connectivity index (χ0) is 46.5. The molecule has 0 spiro atoms. The molecule has 12 nitrogen and oxygen atoms in total. The molecule has 1 aliphatic rings. The first-order valence-corrected chi connectivity index (χ1v) is 24.3. The normalized spacial score (nSPS) is 14.0. The monoisotopic (exact) mass is 929 g/mol. The van der Waals surface area contributed by atoms with Crippen LogP contribution >= 0.6 is 6.64 Å². The zero-order valence-electron chi connectivity index (χ0n) is 37.7. The summed E-state index contributed by atoms with van der Waals surface area (Å²) in [6.07, 6.45) is -0.763. The summed E-state index contributed by atoms with van der Waals surface area (Å²) in [6, 6.07) is 47.5. The van der Waals surface area contributed by atoms with E-state index in [4.69, 9.17) is 44.5 Å². The zero-order valence-corrected chi connectivity index (χ0v) is 39.4. The van der Waals surface area contributed by atoms with Crippen molar-refractivity contribution in [2.75, 3.05) is 48.3 Å². The highest BCUT2D eigenvalue weighted by atomic mass is 32.5. The van der Waals surface area contributed by atoms with Crippen LogP contribution in [0.5, 0.6) is 11.5 Å². The van der Waals surface area contributed by atoms with Crippen molar-refractivity contribution in [3.05, 3.63) is 191 Å². The lowest BCUT2D eigenvalue weighted by molar-refractivity contribution is -0.126. The molecule has 0 aliphatic heterocycles. The van der Waals surface area contributed by atoms with Crippen LogP contribution in [0.25, 0.3) is 11.1 Å². The SMILES string of the molecule is COCC(C)NP(=S)(OC)OCc1cccc(CNC(=O)C(COC(c2ccccc2)(c2ccc(OC)cc2)c2ccc(OC)cc2)NC(=O)OCC2c3ccccc3-c3ccccc32)c1. The first-order valence-electron chi connectivity index (χ1n) is 21.6. The molecule has 0 heterocycles. The quantitative estimate of drug-likeness (QED) is 0.0445. The van der Waals surface area contributed by atoms with Crippen LogP contribution in [0.4, 0.5) is 4.79 Å². The Morgan fingerprint density at radius 1 is 0.682 bits per heavy atom. The first kappa shape index (κ1) is 48.1. The number of nitrogens with one attached hydrogen (secondary N) is 3. The molecule has 1 aliphatic carbocycles. The average Bonchev–Trinajstić information content (AvgIpc) is 3.68. The molecule has 344 valence electrons. The van der Waals surface area contributed by atoms with Gasteiger partial charge >= 0.3 is 6.09 Å². The minimum Gasteiger partial charge on any atom is -0.497 e. The second-order valence-corrected chi connectivity index (χ2v) is 19.1. The third-order valence-corrected chi connectivity index (χ3v) is 14.3. The van der Waals surface area contributed by atoms with E-state index < -0.39 is 30.3 Å². The Labute approximate surface area is 392 Å². The molecule has 0 saturated heterocycles. The number of ether oxygens (including phenoxy) is 5. The molecule has 0 saturated carbocycles. The Morgan fingerprint density at radius 2 is 1.24 bits per heavy atom. The smallest absolute Gasteiger partial charge is 0.407 e. The molecule has 0 aromatic heterocycles. The molecule has 3 atom stereocenters. The molecule has 66 heavy (non-hydrogen) atoms. The molecule has 3 N–H and O–H groups in total. The predicted molar refractivity (Wildman–Crippen MR) is 259 cm³/mol. The fraction of sp³-hybridized carbons (Fsp3) is 0.269. The van der Waals surface area contributed by atoms with Gasteiger partial charge in [0.25, 0.3) is 6.64 Å². The number of carbonyl (C=O) groups is 2. The second-order valence-electron chi connectivity index (χ2n) is 15.8. The van der Waals surface area contributed by atoms with Gasteiger partial charge < -0.3 is 43.4 Å². The molecule has 6 aromatic rings. The van der Waals surface area contributed by atoms with Gasteiger partial charge in [0.05, 0.1) is 34.0 Å². The van der Waals surface area contributed by atoms with Crippen molar-refractivity contribution in [2.45, 2.75) is 43.7 Å². The number of benzene rings is 6. The first-order chi connectivity index (χ1) is 32.1. The average molecular weight is 930 g/mol. The fourth-order valence-electron chi connectivity index (χ4n) is 8.25. The van der Waals surface area contributed by atoms with E-state index in [0.29, 0.717) is 18.1 Å². The van der Waals surface area contributed by atoms with E-state index in [1.54, 1.807) is 21.3 Å². The van der Waals surface area contributed by atoms with Crippen LogP contribution in [-0.2, 0) is 58.6 Å². The third-order valence-electron chi connectivity index (χ3n) is 11.5. The van der Waals surface area contributed by atoms with Gasteiger partial charge in [0.2, 0.25) is 5.91 Å². The molecule has 6 aromatic carbocycles. The minimum absolute atomic E-state index is 0.0628. The van der Waals surface area contributed by atoms with Gasteiger partial charge in [0, 0.05) is 32.7 Å². The second kappa shape index (κ2) is 22.5. The van der Waals surface area contributed by atoms with Crippen LogP contribution < -0.4 is 25.2 Å². The molecule has 0 fully saturated rings. The third kappa shape index (κ3) is 11.4. The number of hydrogen-bond acceptors (Lipinski definition) is 10. The van der Waals surface area contributed by atoms with Crippen molar-refractivity contribution in [1.82, 2.24) is 15.7 Å². The minimum atomic E-state index is -2.81. The molecule has 3 unspecified atom stereocenters. The van der Waals surface area contributed by atoms with E-state index in [1.807, 2.05) is 134 Å². The summed E-state index contributed by atoms with van der Waals surface area (Å²) in [5.74, 6) is 0.665. The number of hydrogen-bond donors (Lipinski definition) is 3. The summed E-state index contributed by atoms with van der Waals surface area (Å²) in [5, 5.41) is 9.13. The lowest BCUT2D eigenvalue weighted by Gasteiger charge is -2.37. The van der Waals surface area contributed by atoms with E-state index >= 15 is 0 Å². The van der Waals surface area contributed by atoms with Gasteiger partial charge in [-0.05, 0) is 93.1 Å². The molecular formula is C52H56N3O9PS. The summed E-state index contributed by atoms with van der Waals surface area (Å²) in [7, 11) is 6.36. The van der Waals surface area contributed by atoms with Gasteiger partial charge in [0.15, 0.2) is 0 Å². The molecular weight excluding hydrogens is 874 g/mol. The number of rotatable bonds is 22. The number of amides is 2. The Balaban J connectivity index is 1.16. The molecule has 14 heteroatoms. The Kier molecular flexibility index (Phi) is 16.4. The van der Waals surface area contributed by atoms with E-state index in [0.717, 1.165) is 50.1 Å². The van der Waals surface area contributed by atoms with Gasteiger partial charge in [-0.25, -0.2) is 9.88 Å². The lowest BCUT2D eigenvalue weighted by Crippen LogP contribution is -2.51. The van der Waals surface area contributed by atoms with Crippen molar-refractivity contribution in [3.8, 4) is 22.6 Å². The topological polar surface area (TPSA) is 135 Å². The Morgan fingerprint density at radius 3 is 1.82 bits per heavy atom. The van der Waals surface area contributed by atoms with E-state index in [9.17, 15) is 9.59 Å². The van der Waals surface area contributed by atoms with Crippen molar-refractivity contribution in [1.29, 1.82) is 0 Å². The maximum absolute atomic E-state index is 14.5. The number of fused-ring (bicyclic) bond motifs is 3. The van der Waals surface area contributed by atoms with Crippen LogP contribution in [0.2, 0.25) is 0 Å². The summed E-state index contributed by atoms with van der Waals surface area (Å²) in [6.45, 7) is -0.306. The summed E-state index contributed by atoms with van der Waals surface area (Å²) < 4.78 is 41.1. The number of alkyl carbamates (subject to hydrolysis) is 1. The summed E-state index contributed by atoms with van der Waals surface area (Å²) in [5.41, 5.74) is 7.04. The Bertz CT molecular complexity index is 2500. The van der Waals surface area contributed by atoms with Crippen molar-refractivity contribution in [2.24, 2.45) is 0 Å². The van der Waals surface area contributed by atoms with Crippen LogP contribution in [0.3, 0.4) is 0 Å². The van der Waals surface area contributed by atoms with E-state index in [2.05, 4.69) is 40.0 Å². The van der Waals surface area contributed by atoms with Gasteiger partial charge in [0.1, 0.15) is 29.7 Å². The largest absolute Gasteiger partial charge is 0.497 e. The van der Waals surface area contributed by atoms with Crippen molar-refractivity contribution in [3.63, 3.8) is 0 Å². The highest BCUT2D eigenvalue weighted by Crippen LogP contribution is 2.46. The predicted octanol–water partition coefficient (Wildman–Crippen LogP) is 9.25. The van der Waals surface area contributed by atoms with E-state index in [1.165, 1.54) is 7.11 Å². The van der Waals surface area contributed by atoms with Gasteiger partial charge in [-0.15, -0.1) is 0 Å². The summed E-state index contributed by atoms with van der Waals surface area (Å²) in [4.78, 5) is 28.5. The maximum atomic E-state index is 14.5. The van der Waals surface area contributed by atoms with Crippen LogP contribution in [0, 0.1) is 0 Å². The standard InChI is InChI=1S/C52H56N3O9PS/c1-36(32-58-2)55-65(66,61-5)64-33-38-15-13-14-37(30-38)31-53-50(56)49(54-51(57)62-34-48-46-20-11-9-18-44(46)45-19-10-12-21-47(45)48)35-63-52(39-16-7-6-8-17-39,40-22-26-42(59-3)27-23-40)41-24-28-43(60-4)29-25-41/h6-30,36,48-49H,31-35H2,1-5H3,(H,53,56)(H,54,57)(H,55,66). The highest BCUT2D eigenvalue weighted by Gasteiger charge is 2.40. The Hall–Kier alpha value is -5.89. The molecule has 2 amide bonds.